The van der Waals surface area contributed by atoms with Crippen molar-refractivity contribution in [3.05, 3.63) is 71.9 Å². The van der Waals surface area contributed by atoms with Gasteiger partial charge < -0.3 is 10.2 Å². The topological polar surface area (TPSA) is 27.6 Å². The number of rotatable bonds is 6. The number of likely N-dealkylation sites (N-methyl/N-ethyl adjacent to an activating group) is 1. The minimum absolute atomic E-state index is 0.494. The molecule has 3 heteroatoms. The summed E-state index contributed by atoms with van der Waals surface area (Å²) in [5, 5.41) is 3.12. The normalized spacial score (nSPS) is 16.5. The maximum absolute atomic E-state index is 4.22. The monoisotopic (exact) mass is 297 g/mol. The molecular formula is C19H27N3. The van der Waals surface area contributed by atoms with Crippen LogP contribution in [0, 0.1) is 5.92 Å². The average molecular weight is 297 g/mol. The van der Waals surface area contributed by atoms with Crippen molar-refractivity contribution in [1.29, 1.82) is 0 Å². The van der Waals surface area contributed by atoms with Crippen LogP contribution in [-0.2, 0) is 0 Å². The molecule has 0 aromatic carbocycles. The van der Waals surface area contributed by atoms with E-state index in [4.69, 9.17) is 0 Å². The largest absolute Gasteiger partial charge is 0.388 e. The summed E-state index contributed by atoms with van der Waals surface area (Å²) < 4.78 is 0. The number of hydrogen-bond acceptors (Lipinski definition) is 3. The van der Waals surface area contributed by atoms with Crippen molar-refractivity contribution in [3.8, 4) is 0 Å². The van der Waals surface area contributed by atoms with Gasteiger partial charge in [-0.2, -0.15) is 0 Å². The van der Waals surface area contributed by atoms with E-state index >= 15 is 0 Å². The van der Waals surface area contributed by atoms with E-state index < -0.39 is 0 Å². The highest BCUT2D eigenvalue weighted by atomic mass is 15.1. The van der Waals surface area contributed by atoms with Gasteiger partial charge in [0.15, 0.2) is 0 Å². The molecule has 0 amide bonds. The van der Waals surface area contributed by atoms with Crippen molar-refractivity contribution in [3.63, 3.8) is 0 Å². The Morgan fingerprint density at radius 3 is 2.59 bits per heavy atom. The standard InChI is InChI=1S/C19H27N3/c1-14(2)15(3)12-16(4)19(8-10-20-6)22-11-9-18(21-7)13-17(22)5/h8-14,21H,4-5H2,1-3,6-7H3/b15-12+,19-8+,20-10?. The Hall–Kier alpha value is -2.29. The summed E-state index contributed by atoms with van der Waals surface area (Å²) in [5.41, 5.74) is 5.13. The van der Waals surface area contributed by atoms with Crippen molar-refractivity contribution < 1.29 is 0 Å². The number of aliphatic imine (C=N–C) groups is 1. The Morgan fingerprint density at radius 2 is 2.09 bits per heavy atom. The molecule has 1 heterocycles. The first-order valence-corrected chi connectivity index (χ1v) is 7.46. The maximum atomic E-state index is 4.22. The molecule has 0 unspecified atom stereocenters. The maximum Gasteiger partial charge on any atom is 0.0536 e. The van der Waals surface area contributed by atoms with Gasteiger partial charge in [-0.05, 0) is 36.6 Å². The van der Waals surface area contributed by atoms with Crippen LogP contribution < -0.4 is 5.32 Å². The molecule has 0 saturated heterocycles. The van der Waals surface area contributed by atoms with Crippen LogP contribution in [0.15, 0.2) is 76.9 Å². The van der Waals surface area contributed by atoms with E-state index in [9.17, 15) is 0 Å². The second-order valence-corrected chi connectivity index (χ2v) is 5.55. The van der Waals surface area contributed by atoms with Gasteiger partial charge in [-0.3, -0.25) is 4.99 Å². The summed E-state index contributed by atoms with van der Waals surface area (Å²) in [5.74, 6) is 0.494. The van der Waals surface area contributed by atoms with Crippen molar-refractivity contribution >= 4 is 6.21 Å². The van der Waals surface area contributed by atoms with Crippen LogP contribution in [0.3, 0.4) is 0 Å². The van der Waals surface area contributed by atoms with Crippen LogP contribution in [0.2, 0.25) is 0 Å². The fraction of sp³-hybridized carbons (Fsp3) is 0.316. The fourth-order valence-corrected chi connectivity index (χ4v) is 1.94. The van der Waals surface area contributed by atoms with E-state index in [0.717, 1.165) is 22.7 Å². The van der Waals surface area contributed by atoms with Crippen molar-refractivity contribution in [2.45, 2.75) is 20.8 Å². The molecule has 0 radical (unpaired) electrons. The molecule has 0 bridgehead atoms. The van der Waals surface area contributed by atoms with Crippen LogP contribution in [0.25, 0.3) is 0 Å². The van der Waals surface area contributed by atoms with Gasteiger partial charge in [-0.1, -0.05) is 38.7 Å². The molecule has 1 rings (SSSR count). The first kappa shape index (κ1) is 17.8. The highest BCUT2D eigenvalue weighted by Crippen LogP contribution is 2.26. The summed E-state index contributed by atoms with van der Waals surface area (Å²) in [6.07, 6.45) is 11.9. The Kier molecular flexibility index (Phi) is 6.64. The molecule has 22 heavy (non-hydrogen) atoms. The van der Waals surface area contributed by atoms with Crippen molar-refractivity contribution in [2.75, 3.05) is 14.1 Å². The van der Waals surface area contributed by atoms with Gasteiger partial charge >= 0.3 is 0 Å². The lowest BCUT2D eigenvalue weighted by atomic mass is 10.0. The van der Waals surface area contributed by atoms with E-state index in [1.54, 1.807) is 13.3 Å². The predicted molar refractivity (Wildman–Crippen MR) is 97.5 cm³/mol. The SMILES string of the molecule is C=C(/C=C(\C)C(C)C)/C(=C\C=NC)N1C=CC(NC)=CC1=C. The third-order valence-electron chi connectivity index (χ3n) is 3.61. The molecule has 0 aliphatic carbocycles. The summed E-state index contributed by atoms with van der Waals surface area (Å²) in [4.78, 5) is 6.07. The second-order valence-electron chi connectivity index (χ2n) is 5.55. The molecule has 0 fully saturated rings. The van der Waals surface area contributed by atoms with Crippen LogP contribution in [-0.4, -0.2) is 25.2 Å². The van der Waals surface area contributed by atoms with E-state index in [2.05, 4.69) is 50.3 Å². The lowest BCUT2D eigenvalue weighted by Crippen LogP contribution is -2.20. The summed E-state index contributed by atoms with van der Waals surface area (Å²) >= 11 is 0. The zero-order valence-corrected chi connectivity index (χ0v) is 14.4. The van der Waals surface area contributed by atoms with Gasteiger partial charge in [0, 0.05) is 37.9 Å². The highest BCUT2D eigenvalue weighted by Gasteiger charge is 2.14. The summed E-state index contributed by atoms with van der Waals surface area (Å²) in [7, 11) is 3.65. The molecule has 0 spiro atoms. The Bertz CT molecular complexity index is 584. The molecule has 3 nitrogen and oxygen atoms in total. The van der Waals surface area contributed by atoms with Crippen LogP contribution >= 0.6 is 0 Å². The first-order chi connectivity index (χ1) is 10.4. The molecule has 0 atom stereocenters. The molecule has 1 aliphatic heterocycles. The van der Waals surface area contributed by atoms with Gasteiger partial charge in [-0.15, -0.1) is 0 Å². The van der Waals surface area contributed by atoms with Crippen molar-refractivity contribution in [2.24, 2.45) is 10.9 Å². The third-order valence-corrected chi connectivity index (χ3v) is 3.61. The zero-order chi connectivity index (χ0) is 16.7. The van der Waals surface area contributed by atoms with E-state index in [-0.39, 0.29) is 0 Å². The van der Waals surface area contributed by atoms with Gasteiger partial charge in [0.25, 0.3) is 0 Å². The van der Waals surface area contributed by atoms with Crippen LogP contribution in [0.5, 0.6) is 0 Å². The van der Waals surface area contributed by atoms with Crippen LogP contribution in [0.1, 0.15) is 20.8 Å². The fourth-order valence-electron chi connectivity index (χ4n) is 1.94. The quantitative estimate of drug-likeness (QED) is 0.588. The van der Waals surface area contributed by atoms with Gasteiger partial charge in [0.2, 0.25) is 0 Å². The van der Waals surface area contributed by atoms with Gasteiger partial charge in [0.1, 0.15) is 0 Å². The first-order valence-electron chi connectivity index (χ1n) is 7.46. The molecule has 1 N–H and O–H groups in total. The van der Waals surface area contributed by atoms with Crippen LogP contribution in [0.4, 0.5) is 0 Å². The number of hydrogen-bond donors (Lipinski definition) is 1. The predicted octanol–water partition coefficient (Wildman–Crippen LogP) is 4.18. The lowest BCUT2D eigenvalue weighted by molar-refractivity contribution is 0.599. The number of nitrogens with one attached hydrogen (secondary N) is 1. The highest BCUT2D eigenvalue weighted by molar-refractivity contribution is 5.74. The smallest absolute Gasteiger partial charge is 0.0536 e. The molecule has 0 saturated carbocycles. The van der Waals surface area contributed by atoms with Crippen molar-refractivity contribution in [1.82, 2.24) is 10.2 Å². The average Bonchev–Trinajstić information content (AvgIpc) is 2.48. The van der Waals surface area contributed by atoms with E-state index in [0.29, 0.717) is 5.92 Å². The summed E-state index contributed by atoms with van der Waals surface area (Å²) in [6.45, 7) is 14.8. The number of allylic oxidation sites excluding steroid dienone is 5. The minimum Gasteiger partial charge on any atom is -0.388 e. The zero-order valence-electron chi connectivity index (χ0n) is 14.4. The van der Waals surface area contributed by atoms with E-state index in [1.807, 2.05) is 36.4 Å². The molecule has 0 aromatic rings. The Balaban J connectivity index is 3.14. The molecule has 0 aromatic heterocycles. The Morgan fingerprint density at radius 1 is 1.41 bits per heavy atom. The second kappa shape index (κ2) is 8.23. The Labute approximate surface area is 134 Å². The minimum atomic E-state index is 0.494. The molecular weight excluding hydrogens is 270 g/mol. The van der Waals surface area contributed by atoms with E-state index in [1.165, 1.54) is 5.57 Å². The van der Waals surface area contributed by atoms with Gasteiger partial charge in [0.05, 0.1) is 5.70 Å². The van der Waals surface area contributed by atoms with Gasteiger partial charge in [-0.25, -0.2) is 0 Å². The number of nitrogens with zero attached hydrogens (tertiary/aromatic N) is 2. The lowest BCUT2D eigenvalue weighted by Gasteiger charge is -2.28. The molecule has 118 valence electrons. The molecule has 1 aliphatic rings. The third kappa shape index (κ3) is 4.62. The summed E-state index contributed by atoms with van der Waals surface area (Å²) in [6, 6.07) is 0.